The second-order valence-electron chi connectivity index (χ2n) is 6.00. The lowest BCUT2D eigenvalue weighted by atomic mass is 10.0. The molecule has 1 aliphatic rings. The second-order valence-corrected chi connectivity index (χ2v) is 6.00. The van der Waals surface area contributed by atoms with Crippen molar-refractivity contribution in [2.75, 3.05) is 18.6 Å². The summed E-state index contributed by atoms with van der Waals surface area (Å²) in [6, 6.07) is 13.2. The Labute approximate surface area is 141 Å². The van der Waals surface area contributed by atoms with Gasteiger partial charge in [0.2, 0.25) is 11.8 Å². The summed E-state index contributed by atoms with van der Waals surface area (Å²) in [6.45, 7) is 2.26. The van der Waals surface area contributed by atoms with Gasteiger partial charge in [-0.2, -0.15) is 0 Å². The third-order valence-corrected chi connectivity index (χ3v) is 4.44. The Morgan fingerprint density at radius 3 is 2.71 bits per heavy atom. The molecule has 0 aromatic heterocycles. The molecule has 2 aromatic carbocycles. The van der Waals surface area contributed by atoms with E-state index in [1.165, 1.54) is 0 Å². The van der Waals surface area contributed by atoms with Crippen molar-refractivity contribution in [2.24, 2.45) is 5.73 Å². The number of amides is 2. The van der Waals surface area contributed by atoms with Crippen LogP contribution < -0.4 is 15.4 Å². The third-order valence-electron chi connectivity index (χ3n) is 4.44. The molecule has 0 saturated heterocycles. The number of para-hydroxylation sites is 1. The van der Waals surface area contributed by atoms with Gasteiger partial charge < -0.3 is 15.4 Å². The molecule has 2 aromatic rings. The lowest BCUT2D eigenvalue weighted by Gasteiger charge is -2.18. The predicted molar refractivity (Wildman–Crippen MR) is 92.2 cm³/mol. The summed E-state index contributed by atoms with van der Waals surface area (Å²) >= 11 is 0. The van der Waals surface area contributed by atoms with Gasteiger partial charge in [0.05, 0.1) is 19.4 Å². The lowest BCUT2D eigenvalue weighted by Crippen LogP contribution is -2.33. The fourth-order valence-corrected chi connectivity index (χ4v) is 3.13. The molecule has 1 heterocycles. The number of methoxy groups -OCH3 is 1. The van der Waals surface area contributed by atoms with Crippen LogP contribution in [0.15, 0.2) is 42.5 Å². The van der Waals surface area contributed by atoms with Crippen LogP contribution in [0, 0.1) is 6.92 Å². The number of carbonyl (C=O) groups is 2. The Bertz CT molecular complexity index is 801. The maximum atomic E-state index is 12.8. The summed E-state index contributed by atoms with van der Waals surface area (Å²) in [6.07, 6.45) is 0.246. The van der Waals surface area contributed by atoms with Gasteiger partial charge in [0.1, 0.15) is 5.75 Å². The molecule has 2 amide bonds. The molecule has 5 nitrogen and oxygen atoms in total. The van der Waals surface area contributed by atoms with Crippen LogP contribution in [-0.2, 0) is 16.0 Å². The number of anilines is 1. The summed E-state index contributed by atoms with van der Waals surface area (Å²) in [5.41, 5.74) is 8.98. The van der Waals surface area contributed by atoms with Crippen LogP contribution in [0.5, 0.6) is 5.75 Å². The van der Waals surface area contributed by atoms with Crippen molar-refractivity contribution < 1.29 is 14.3 Å². The molecule has 1 aliphatic heterocycles. The zero-order valence-electron chi connectivity index (χ0n) is 13.8. The molecule has 0 aliphatic carbocycles. The highest BCUT2D eigenvalue weighted by molar-refractivity contribution is 6.00. The van der Waals surface area contributed by atoms with Crippen LogP contribution in [-0.4, -0.2) is 25.5 Å². The molecule has 5 heteroatoms. The zero-order chi connectivity index (χ0) is 17.3. The molecule has 24 heavy (non-hydrogen) atoms. The molecule has 2 N–H and O–H groups in total. The lowest BCUT2D eigenvalue weighted by molar-refractivity contribution is -0.119. The summed E-state index contributed by atoms with van der Waals surface area (Å²) in [5, 5.41) is 0. The molecule has 124 valence electrons. The quantitative estimate of drug-likeness (QED) is 0.937. The number of nitrogens with zero attached hydrogens (tertiary/aromatic N) is 1. The van der Waals surface area contributed by atoms with E-state index in [1.54, 1.807) is 12.0 Å². The van der Waals surface area contributed by atoms with Gasteiger partial charge in [-0.1, -0.05) is 30.3 Å². The zero-order valence-corrected chi connectivity index (χ0v) is 13.8. The molecule has 0 fully saturated rings. The number of hydrogen-bond donors (Lipinski definition) is 1. The summed E-state index contributed by atoms with van der Waals surface area (Å²) in [5.74, 6) is -0.151. The molecule has 1 atom stereocenters. The predicted octanol–water partition coefficient (Wildman–Crippen LogP) is 2.16. The summed E-state index contributed by atoms with van der Waals surface area (Å²) in [7, 11) is 1.61. The first kappa shape index (κ1) is 16.1. The van der Waals surface area contributed by atoms with E-state index in [4.69, 9.17) is 10.5 Å². The van der Waals surface area contributed by atoms with Crippen LogP contribution in [0.1, 0.15) is 22.6 Å². The highest BCUT2D eigenvalue weighted by Gasteiger charge is 2.35. The molecule has 0 radical (unpaired) electrons. The number of carbonyl (C=O) groups excluding carboxylic acids is 2. The van der Waals surface area contributed by atoms with Crippen LogP contribution in [0.3, 0.4) is 0 Å². The number of aryl methyl sites for hydroxylation is 1. The van der Waals surface area contributed by atoms with Crippen molar-refractivity contribution in [3.63, 3.8) is 0 Å². The summed E-state index contributed by atoms with van der Waals surface area (Å²) in [4.78, 5) is 26.1. The minimum atomic E-state index is -0.447. The van der Waals surface area contributed by atoms with Gasteiger partial charge in [-0.15, -0.1) is 0 Å². The van der Waals surface area contributed by atoms with Crippen LogP contribution in [0.25, 0.3) is 0 Å². The number of benzene rings is 2. The average Bonchev–Trinajstić information content (AvgIpc) is 2.96. The number of hydrogen-bond acceptors (Lipinski definition) is 3. The Kier molecular flexibility index (Phi) is 4.25. The molecule has 0 spiro atoms. The average molecular weight is 324 g/mol. The molecule has 3 rings (SSSR count). The minimum Gasteiger partial charge on any atom is -0.496 e. The van der Waals surface area contributed by atoms with Gasteiger partial charge in [-0.3, -0.25) is 9.59 Å². The van der Waals surface area contributed by atoms with E-state index in [9.17, 15) is 9.59 Å². The second kappa shape index (κ2) is 6.35. The van der Waals surface area contributed by atoms with Crippen LogP contribution >= 0.6 is 0 Å². The van der Waals surface area contributed by atoms with Gasteiger partial charge in [0.25, 0.3) is 0 Å². The third kappa shape index (κ3) is 2.85. The standard InChI is InChI=1S/C19H20N2O3/c1-12-7-8-13(9-17(12)24-2)10-18(22)21-11-15(19(20)23)14-5-3-4-6-16(14)21/h3-9,15H,10-11H2,1-2H3,(H2,20,23)/t15-/m0/s1. The topological polar surface area (TPSA) is 72.6 Å². The number of primary amides is 1. The Hall–Kier alpha value is -2.82. The highest BCUT2D eigenvalue weighted by atomic mass is 16.5. The largest absolute Gasteiger partial charge is 0.496 e. The maximum Gasteiger partial charge on any atom is 0.231 e. The fraction of sp³-hybridized carbons (Fsp3) is 0.263. The van der Waals surface area contributed by atoms with E-state index in [0.717, 1.165) is 28.1 Å². The first-order valence-electron chi connectivity index (χ1n) is 7.83. The Morgan fingerprint density at radius 1 is 1.25 bits per heavy atom. The molecule has 0 unspecified atom stereocenters. The van der Waals surface area contributed by atoms with Gasteiger partial charge in [0, 0.05) is 12.2 Å². The van der Waals surface area contributed by atoms with Crippen LogP contribution in [0.2, 0.25) is 0 Å². The summed E-state index contributed by atoms with van der Waals surface area (Å²) < 4.78 is 5.31. The highest BCUT2D eigenvalue weighted by Crippen LogP contribution is 2.36. The van der Waals surface area contributed by atoms with Crippen molar-refractivity contribution in [1.29, 1.82) is 0 Å². The molecule has 0 saturated carbocycles. The SMILES string of the molecule is COc1cc(CC(=O)N2C[C@H](C(N)=O)c3ccccc32)ccc1C. The van der Waals surface area contributed by atoms with E-state index in [0.29, 0.717) is 6.54 Å². The van der Waals surface area contributed by atoms with Gasteiger partial charge in [-0.25, -0.2) is 0 Å². The monoisotopic (exact) mass is 324 g/mol. The minimum absolute atomic E-state index is 0.0582. The number of rotatable bonds is 4. The molecule has 0 bridgehead atoms. The van der Waals surface area contributed by atoms with Crippen LogP contribution in [0.4, 0.5) is 5.69 Å². The smallest absolute Gasteiger partial charge is 0.231 e. The van der Waals surface area contributed by atoms with Crippen molar-refractivity contribution in [2.45, 2.75) is 19.3 Å². The first-order valence-corrected chi connectivity index (χ1v) is 7.83. The van der Waals surface area contributed by atoms with E-state index in [-0.39, 0.29) is 12.3 Å². The van der Waals surface area contributed by atoms with E-state index in [1.807, 2.05) is 49.4 Å². The van der Waals surface area contributed by atoms with Crippen molar-refractivity contribution in [3.8, 4) is 5.75 Å². The number of ether oxygens (including phenoxy) is 1. The van der Waals surface area contributed by atoms with E-state index >= 15 is 0 Å². The van der Waals surface area contributed by atoms with Crippen molar-refractivity contribution >= 4 is 17.5 Å². The van der Waals surface area contributed by atoms with Crippen molar-refractivity contribution in [3.05, 3.63) is 59.2 Å². The molecular weight excluding hydrogens is 304 g/mol. The Balaban J connectivity index is 1.85. The normalized spacial score (nSPS) is 15.9. The van der Waals surface area contributed by atoms with Gasteiger partial charge >= 0.3 is 0 Å². The number of nitrogens with two attached hydrogens (primary N) is 1. The van der Waals surface area contributed by atoms with Gasteiger partial charge in [-0.05, 0) is 35.7 Å². The molecular formula is C19H20N2O3. The van der Waals surface area contributed by atoms with E-state index in [2.05, 4.69) is 0 Å². The van der Waals surface area contributed by atoms with Gasteiger partial charge in [0.15, 0.2) is 0 Å². The first-order chi connectivity index (χ1) is 11.5. The fourth-order valence-electron chi connectivity index (χ4n) is 3.13. The Morgan fingerprint density at radius 2 is 2.00 bits per heavy atom. The van der Waals surface area contributed by atoms with E-state index < -0.39 is 11.8 Å². The number of fused-ring (bicyclic) bond motifs is 1. The maximum absolute atomic E-state index is 12.8. The van der Waals surface area contributed by atoms with Crippen molar-refractivity contribution in [1.82, 2.24) is 0 Å².